The first kappa shape index (κ1) is 26.5. The van der Waals surface area contributed by atoms with Crippen molar-refractivity contribution in [2.24, 2.45) is 0 Å². The molecule has 0 bridgehead atoms. The summed E-state index contributed by atoms with van der Waals surface area (Å²) in [4.78, 5) is 28.8. The number of ether oxygens (including phenoxy) is 2. The summed E-state index contributed by atoms with van der Waals surface area (Å²) in [5, 5.41) is 5.71. The standard InChI is InChI=1S/C28H26F2N4O4S/c1-16(39)31-14-20-15-34(28(36)37-20)19-12-21(29)25(22(30)13-19)32-23-11-17(7-6-10-24-26(23)38-24)27(35)33(2)18-8-4-3-5-9-18/h3-13,20,24,26,32H,14-15H2,1-2H3,(H,31,39)/b10-6-,17-7+,23-11+/t20-,24?,26?/m0/s1. The largest absolute Gasteiger partial charge is 0.442 e. The van der Waals surface area contributed by atoms with Crippen LogP contribution in [0.15, 0.2) is 78.0 Å². The second-order valence-corrected chi connectivity index (χ2v) is 9.90. The van der Waals surface area contributed by atoms with Crippen molar-refractivity contribution in [2.75, 3.05) is 35.3 Å². The van der Waals surface area contributed by atoms with E-state index in [1.807, 2.05) is 18.2 Å². The van der Waals surface area contributed by atoms with Crippen LogP contribution in [0.2, 0.25) is 0 Å². The van der Waals surface area contributed by atoms with Crippen LogP contribution >= 0.6 is 12.2 Å². The molecule has 2 fully saturated rings. The molecule has 2 amide bonds. The van der Waals surface area contributed by atoms with Crippen LogP contribution in [-0.2, 0) is 14.3 Å². The van der Waals surface area contributed by atoms with Gasteiger partial charge in [-0.2, -0.15) is 0 Å². The highest BCUT2D eigenvalue weighted by molar-refractivity contribution is 7.80. The number of halogens is 2. The lowest BCUT2D eigenvalue weighted by atomic mass is 10.1. The number of cyclic esters (lactones) is 1. The lowest BCUT2D eigenvalue weighted by Gasteiger charge is -2.20. The molecule has 2 unspecified atom stereocenters. The number of likely N-dealkylation sites (N-methyl/N-ethyl adjacent to an activating group) is 1. The number of epoxide rings is 1. The number of thiocarbonyl (C=S) groups is 1. The highest BCUT2D eigenvalue weighted by Gasteiger charge is 2.41. The van der Waals surface area contributed by atoms with E-state index in [1.165, 1.54) is 15.9 Å². The number of carbonyl (C=O) groups is 2. The molecule has 3 aliphatic rings. The van der Waals surface area contributed by atoms with Gasteiger partial charge in [0.1, 0.15) is 24.0 Å². The van der Waals surface area contributed by atoms with Crippen molar-refractivity contribution in [3.8, 4) is 0 Å². The summed E-state index contributed by atoms with van der Waals surface area (Å²) < 4.78 is 41.4. The van der Waals surface area contributed by atoms with Crippen molar-refractivity contribution in [1.29, 1.82) is 0 Å². The first-order valence-corrected chi connectivity index (χ1v) is 12.7. The second kappa shape index (κ2) is 11.0. The Morgan fingerprint density at radius 2 is 1.92 bits per heavy atom. The smallest absolute Gasteiger partial charge is 0.414 e. The van der Waals surface area contributed by atoms with Gasteiger partial charge in [-0.1, -0.05) is 42.6 Å². The zero-order chi connectivity index (χ0) is 27.7. The number of carbonyl (C=O) groups excluding carboxylic acids is 2. The number of anilines is 3. The van der Waals surface area contributed by atoms with E-state index in [0.29, 0.717) is 28.5 Å². The average molecular weight is 553 g/mol. The SMILES string of the molecule is CC(=S)NC[C@H]1CN(c2cc(F)c(N/C3=C/C(C(=O)N(C)c4ccccc4)=C\C=C/C4OC34)c(F)c2)C(=O)O1. The fourth-order valence-corrected chi connectivity index (χ4v) is 4.45. The molecular formula is C28H26F2N4O4S. The molecule has 0 aromatic heterocycles. The molecule has 11 heteroatoms. The molecule has 8 nitrogen and oxygen atoms in total. The molecule has 2 N–H and O–H groups in total. The van der Waals surface area contributed by atoms with E-state index >= 15 is 8.78 Å². The minimum Gasteiger partial charge on any atom is -0.442 e. The molecule has 0 spiro atoms. The maximum Gasteiger partial charge on any atom is 0.414 e. The molecule has 2 saturated heterocycles. The zero-order valence-electron chi connectivity index (χ0n) is 21.2. The summed E-state index contributed by atoms with van der Waals surface area (Å²) in [5.74, 6) is -2.13. The molecule has 2 aromatic rings. The number of nitrogens with one attached hydrogen (secondary N) is 2. The van der Waals surface area contributed by atoms with E-state index < -0.39 is 35.6 Å². The van der Waals surface area contributed by atoms with Gasteiger partial charge in [-0.05, 0) is 31.2 Å². The maximum absolute atomic E-state index is 15.2. The summed E-state index contributed by atoms with van der Waals surface area (Å²) in [6, 6.07) is 11.2. The molecule has 2 aliphatic heterocycles. The van der Waals surface area contributed by atoms with Crippen molar-refractivity contribution in [3.63, 3.8) is 0 Å². The van der Waals surface area contributed by atoms with Gasteiger partial charge in [-0.25, -0.2) is 13.6 Å². The number of amides is 2. The van der Waals surface area contributed by atoms with Gasteiger partial charge in [-0.15, -0.1) is 0 Å². The van der Waals surface area contributed by atoms with Gasteiger partial charge in [0.25, 0.3) is 5.91 Å². The van der Waals surface area contributed by atoms with Gasteiger partial charge < -0.3 is 25.0 Å². The third-order valence-corrected chi connectivity index (χ3v) is 6.62. The second-order valence-electron chi connectivity index (χ2n) is 9.29. The number of fused-ring (bicyclic) bond motifs is 1. The number of allylic oxidation sites excluding steroid dienone is 2. The first-order valence-electron chi connectivity index (χ1n) is 12.3. The van der Waals surface area contributed by atoms with Crippen molar-refractivity contribution in [2.45, 2.75) is 25.2 Å². The van der Waals surface area contributed by atoms with Crippen molar-refractivity contribution in [3.05, 3.63) is 89.7 Å². The van der Waals surface area contributed by atoms with E-state index in [1.54, 1.807) is 44.3 Å². The third kappa shape index (κ3) is 5.84. The Morgan fingerprint density at radius 1 is 1.21 bits per heavy atom. The number of nitrogens with zero attached hydrogens (tertiary/aromatic N) is 2. The lowest BCUT2D eigenvalue weighted by molar-refractivity contribution is -0.114. The summed E-state index contributed by atoms with van der Waals surface area (Å²) in [7, 11) is 1.65. The highest BCUT2D eigenvalue weighted by atomic mass is 32.1. The number of rotatable bonds is 7. The van der Waals surface area contributed by atoms with Gasteiger partial charge in [0, 0.05) is 36.1 Å². The Morgan fingerprint density at radius 3 is 2.62 bits per heavy atom. The van der Waals surface area contributed by atoms with Crippen LogP contribution in [0.25, 0.3) is 0 Å². The summed E-state index contributed by atoms with van der Waals surface area (Å²) >= 11 is 4.97. The normalized spacial score (nSPS) is 25.1. The van der Waals surface area contributed by atoms with Gasteiger partial charge in [0.2, 0.25) is 0 Å². The molecule has 0 radical (unpaired) electrons. The Bertz CT molecular complexity index is 1390. The lowest BCUT2D eigenvalue weighted by Crippen LogP contribution is -2.32. The van der Waals surface area contributed by atoms with E-state index in [0.717, 1.165) is 12.1 Å². The van der Waals surface area contributed by atoms with Gasteiger partial charge in [-0.3, -0.25) is 9.69 Å². The Kier molecular flexibility index (Phi) is 7.45. The quantitative estimate of drug-likeness (QED) is 0.388. The monoisotopic (exact) mass is 552 g/mol. The van der Waals surface area contributed by atoms with Gasteiger partial charge >= 0.3 is 6.09 Å². The van der Waals surface area contributed by atoms with Crippen LogP contribution in [0.1, 0.15) is 6.92 Å². The van der Waals surface area contributed by atoms with Crippen LogP contribution in [0, 0.1) is 11.6 Å². The molecule has 2 aromatic carbocycles. The average Bonchev–Trinajstić information content (AvgIpc) is 3.56. The fourth-order valence-electron chi connectivity index (χ4n) is 4.37. The first-order chi connectivity index (χ1) is 18.7. The molecule has 1 aliphatic carbocycles. The third-order valence-electron chi connectivity index (χ3n) is 6.48. The number of hydrogen-bond donors (Lipinski definition) is 2. The summed E-state index contributed by atoms with van der Waals surface area (Å²) in [5.41, 5.74) is 0.934. The van der Waals surface area contributed by atoms with Crippen LogP contribution < -0.4 is 20.4 Å². The summed E-state index contributed by atoms with van der Waals surface area (Å²) in [6.07, 6.45) is 4.67. The molecule has 39 heavy (non-hydrogen) atoms. The summed E-state index contributed by atoms with van der Waals surface area (Å²) in [6.45, 7) is 2.11. The van der Waals surface area contributed by atoms with Crippen LogP contribution in [0.5, 0.6) is 0 Å². The molecule has 2 heterocycles. The molecule has 202 valence electrons. The number of benzene rings is 2. The fraction of sp³-hybridized carbons (Fsp3) is 0.250. The Labute approximate surface area is 229 Å². The predicted molar refractivity (Wildman–Crippen MR) is 148 cm³/mol. The molecule has 5 rings (SSSR count). The van der Waals surface area contributed by atoms with Crippen molar-refractivity contribution >= 4 is 46.3 Å². The molecular weight excluding hydrogens is 526 g/mol. The van der Waals surface area contributed by atoms with E-state index in [9.17, 15) is 9.59 Å². The maximum atomic E-state index is 15.2. The minimum atomic E-state index is -0.914. The van der Waals surface area contributed by atoms with Gasteiger partial charge in [0.05, 0.1) is 23.8 Å². The Balaban J connectivity index is 1.37. The van der Waals surface area contributed by atoms with E-state index in [4.69, 9.17) is 21.7 Å². The van der Waals surface area contributed by atoms with Crippen molar-refractivity contribution < 1.29 is 27.8 Å². The highest BCUT2D eigenvalue weighted by Crippen LogP contribution is 2.36. The minimum absolute atomic E-state index is 0.0255. The zero-order valence-corrected chi connectivity index (χ0v) is 22.0. The van der Waals surface area contributed by atoms with Gasteiger partial charge in [0.15, 0.2) is 11.6 Å². The van der Waals surface area contributed by atoms with Crippen LogP contribution in [0.4, 0.5) is 30.6 Å². The van der Waals surface area contributed by atoms with Crippen molar-refractivity contribution in [1.82, 2.24) is 5.32 Å². The number of hydrogen-bond acceptors (Lipinski definition) is 6. The number of para-hydroxylation sites is 1. The van der Waals surface area contributed by atoms with Crippen LogP contribution in [0.3, 0.4) is 0 Å². The predicted octanol–water partition coefficient (Wildman–Crippen LogP) is 4.45. The molecule has 0 saturated carbocycles. The topological polar surface area (TPSA) is 86.4 Å². The molecule has 3 atom stereocenters. The Hall–Kier alpha value is -4.09. The van der Waals surface area contributed by atoms with Crippen LogP contribution in [-0.4, -0.2) is 55.4 Å². The van der Waals surface area contributed by atoms with E-state index in [-0.39, 0.29) is 24.2 Å². The van der Waals surface area contributed by atoms with E-state index in [2.05, 4.69) is 10.6 Å².